The minimum absolute atomic E-state index is 0.248. The molecule has 3 rings (SSSR count). The van der Waals surface area contributed by atoms with Crippen LogP contribution in [-0.4, -0.2) is 23.2 Å². The second-order valence-electron chi connectivity index (χ2n) is 5.56. The Morgan fingerprint density at radius 1 is 1.05 bits per heavy atom. The lowest BCUT2D eigenvalue weighted by Crippen LogP contribution is -2.57. The van der Waals surface area contributed by atoms with Gasteiger partial charge in [0, 0.05) is 24.7 Å². The van der Waals surface area contributed by atoms with Crippen molar-refractivity contribution < 1.29 is 0 Å². The second-order valence-corrected chi connectivity index (χ2v) is 5.56. The molecule has 2 atom stereocenters. The van der Waals surface area contributed by atoms with Gasteiger partial charge >= 0.3 is 0 Å². The molecule has 0 radical (unpaired) electrons. The second kappa shape index (κ2) is 5.59. The van der Waals surface area contributed by atoms with Crippen LogP contribution in [0.1, 0.15) is 24.0 Å². The average Bonchev–Trinajstić information content (AvgIpc) is 2.44. The molecule has 0 unspecified atom stereocenters. The van der Waals surface area contributed by atoms with Crippen LogP contribution in [0.2, 0.25) is 0 Å². The summed E-state index contributed by atoms with van der Waals surface area (Å²) in [6.45, 7) is 3.91. The van der Waals surface area contributed by atoms with Crippen molar-refractivity contribution in [1.82, 2.24) is 4.90 Å². The van der Waals surface area contributed by atoms with Gasteiger partial charge in [0.05, 0.1) is 6.04 Å². The number of hydrogen-bond acceptors (Lipinski definition) is 2. The van der Waals surface area contributed by atoms with Crippen LogP contribution in [0.4, 0.5) is 0 Å². The van der Waals surface area contributed by atoms with Crippen LogP contribution in [0.3, 0.4) is 0 Å². The fraction of sp³-hybridized carbons (Fsp3) is 0.278. The predicted molar refractivity (Wildman–Crippen MR) is 83.2 cm³/mol. The van der Waals surface area contributed by atoms with E-state index in [4.69, 9.17) is 5.41 Å². The van der Waals surface area contributed by atoms with Gasteiger partial charge in [-0.3, -0.25) is 4.90 Å². The number of hydrogen-bond donors (Lipinski definition) is 1. The monoisotopic (exact) mass is 264 g/mol. The van der Waals surface area contributed by atoms with E-state index >= 15 is 0 Å². The van der Waals surface area contributed by atoms with Crippen LogP contribution in [0.15, 0.2) is 60.7 Å². The van der Waals surface area contributed by atoms with Crippen molar-refractivity contribution in [1.29, 1.82) is 5.41 Å². The molecule has 2 heteroatoms. The SMILES string of the molecule is CC(=N)[C@H]1[C@H](c2ccccc2)CN1Cc1ccccc1. The summed E-state index contributed by atoms with van der Waals surface area (Å²) in [4.78, 5) is 2.40. The van der Waals surface area contributed by atoms with Crippen molar-refractivity contribution in [3.63, 3.8) is 0 Å². The molecule has 1 fully saturated rings. The molecule has 0 aliphatic carbocycles. The fourth-order valence-corrected chi connectivity index (χ4v) is 3.13. The van der Waals surface area contributed by atoms with Gasteiger partial charge in [-0.15, -0.1) is 0 Å². The van der Waals surface area contributed by atoms with Gasteiger partial charge in [0.25, 0.3) is 0 Å². The van der Waals surface area contributed by atoms with Gasteiger partial charge in [-0.25, -0.2) is 0 Å². The average molecular weight is 264 g/mol. The van der Waals surface area contributed by atoms with Gasteiger partial charge < -0.3 is 5.41 Å². The van der Waals surface area contributed by atoms with Crippen molar-refractivity contribution in [2.24, 2.45) is 0 Å². The highest BCUT2D eigenvalue weighted by atomic mass is 15.2. The van der Waals surface area contributed by atoms with E-state index in [9.17, 15) is 0 Å². The van der Waals surface area contributed by atoms with Gasteiger partial charge in [-0.05, 0) is 18.1 Å². The number of nitrogens with zero attached hydrogens (tertiary/aromatic N) is 1. The van der Waals surface area contributed by atoms with Gasteiger partial charge in [0.1, 0.15) is 0 Å². The molecule has 2 nitrogen and oxygen atoms in total. The Kier molecular flexibility index (Phi) is 3.66. The van der Waals surface area contributed by atoms with E-state index in [0.717, 1.165) is 18.8 Å². The zero-order valence-corrected chi connectivity index (χ0v) is 11.8. The third-order valence-corrected chi connectivity index (χ3v) is 4.11. The van der Waals surface area contributed by atoms with Crippen molar-refractivity contribution in [3.05, 3.63) is 71.8 Å². The Labute approximate surface area is 120 Å². The quantitative estimate of drug-likeness (QED) is 0.838. The van der Waals surface area contributed by atoms with E-state index in [-0.39, 0.29) is 6.04 Å². The van der Waals surface area contributed by atoms with Crippen molar-refractivity contribution >= 4 is 5.71 Å². The molecule has 0 spiro atoms. The van der Waals surface area contributed by atoms with E-state index in [1.807, 2.05) is 13.0 Å². The summed E-state index contributed by atoms with van der Waals surface area (Å²) < 4.78 is 0. The molecule has 1 heterocycles. The first-order valence-corrected chi connectivity index (χ1v) is 7.13. The molecular weight excluding hydrogens is 244 g/mol. The zero-order chi connectivity index (χ0) is 13.9. The Bertz CT molecular complexity index is 577. The predicted octanol–water partition coefficient (Wildman–Crippen LogP) is 3.69. The van der Waals surface area contributed by atoms with E-state index in [0.29, 0.717) is 5.92 Å². The van der Waals surface area contributed by atoms with Gasteiger partial charge in [0.2, 0.25) is 0 Å². The number of benzene rings is 2. The summed E-state index contributed by atoms with van der Waals surface area (Å²) in [6, 6.07) is 21.4. The first-order valence-electron chi connectivity index (χ1n) is 7.13. The standard InChI is InChI=1S/C18H20N2/c1-14(19)18-17(16-10-6-3-7-11-16)13-20(18)12-15-8-4-2-5-9-15/h2-11,17-19H,12-13H2,1H3/t17-,18-/m0/s1. The van der Waals surface area contributed by atoms with Crippen LogP contribution in [0, 0.1) is 5.41 Å². The molecule has 1 N–H and O–H groups in total. The summed E-state index contributed by atoms with van der Waals surface area (Å²) in [6.07, 6.45) is 0. The van der Waals surface area contributed by atoms with E-state index in [1.54, 1.807) is 0 Å². The lowest BCUT2D eigenvalue weighted by atomic mass is 9.80. The molecule has 0 saturated carbocycles. The van der Waals surface area contributed by atoms with Crippen LogP contribution in [0.5, 0.6) is 0 Å². The lowest BCUT2D eigenvalue weighted by molar-refractivity contribution is 0.0966. The minimum atomic E-state index is 0.248. The molecule has 102 valence electrons. The molecular formula is C18H20N2. The third kappa shape index (κ3) is 2.52. The zero-order valence-electron chi connectivity index (χ0n) is 11.8. The molecule has 20 heavy (non-hydrogen) atoms. The molecule has 1 aliphatic rings. The molecule has 2 aromatic rings. The van der Waals surface area contributed by atoms with Gasteiger partial charge in [0.15, 0.2) is 0 Å². The van der Waals surface area contributed by atoms with Gasteiger partial charge in [-0.2, -0.15) is 0 Å². The summed E-state index contributed by atoms with van der Waals surface area (Å²) in [5, 5.41) is 8.09. The van der Waals surface area contributed by atoms with Crippen molar-refractivity contribution in [2.45, 2.75) is 25.4 Å². The Morgan fingerprint density at radius 3 is 2.25 bits per heavy atom. The fourth-order valence-electron chi connectivity index (χ4n) is 3.13. The first kappa shape index (κ1) is 13.1. The van der Waals surface area contributed by atoms with Crippen LogP contribution < -0.4 is 0 Å². The van der Waals surface area contributed by atoms with E-state index in [1.165, 1.54) is 11.1 Å². The highest BCUT2D eigenvalue weighted by Gasteiger charge is 2.40. The maximum Gasteiger partial charge on any atom is 0.0555 e. The summed E-state index contributed by atoms with van der Waals surface area (Å²) in [7, 11) is 0. The van der Waals surface area contributed by atoms with Crippen molar-refractivity contribution in [2.75, 3.05) is 6.54 Å². The van der Waals surface area contributed by atoms with E-state index < -0.39 is 0 Å². The van der Waals surface area contributed by atoms with Crippen LogP contribution in [0.25, 0.3) is 0 Å². The van der Waals surface area contributed by atoms with Crippen LogP contribution in [-0.2, 0) is 6.54 Å². The Morgan fingerprint density at radius 2 is 1.65 bits per heavy atom. The first-order chi connectivity index (χ1) is 9.75. The van der Waals surface area contributed by atoms with E-state index in [2.05, 4.69) is 59.5 Å². The topological polar surface area (TPSA) is 27.1 Å². The molecule has 0 aromatic heterocycles. The molecule has 1 aliphatic heterocycles. The number of nitrogens with one attached hydrogen (secondary N) is 1. The maximum atomic E-state index is 8.09. The summed E-state index contributed by atoms with van der Waals surface area (Å²) in [5.41, 5.74) is 3.44. The summed E-state index contributed by atoms with van der Waals surface area (Å²) in [5.74, 6) is 0.470. The summed E-state index contributed by atoms with van der Waals surface area (Å²) >= 11 is 0. The lowest BCUT2D eigenvalue weighted by Gasteiger charge is -2.48. The number of rotatable bonds is 4. The molecule has 2 aromatic carbocycles. The maximum absolute atomic E-state index is 8.09. The Balaban J connectivity index is 1.74. The Hall–Kier alpha value is -1.93. The molecule has 0 bridgehead atoms. The smallest absolute Gasteiger partial charge is 0.0555 e. The molecule has 1 saturated heterocycles. The third-order valence-electron chi connectivity index (χ3n) is 4.11. The number of likely N-dealkylation sites (tertiary alicyclic amines) is 1. The largest absolute Gasteiger partial charge is 0.308 e. The molecule has 0 amide bonds. The normalized spacial score (nSPS) is 22.2. The minimum Gasteiger partial charge on any atom is -0.308 e. The highest BCUT2D eigenvalue weighted by Crippen LogP contribution is 2.35. The van der Waals surface area contributed by atoms with Gasteiger partial charge in [-0.1, -0.05) is 60.7 Å². The highest BCUT2D eigenvalue weighted by molar-refractivity contribution is 5.86. The van der Waals surface area contributed by atoms with Crippen molar-refractivity contribution in [3.8, 4) is 0 Å². The van der Waals surface area contributed by atoms with Crippen LogP contribution >= 0.6 is 0 Å².